The normalized spacial score (nSPS) is 16.8. The summed E-state index contributed by atoms with van der Waals surface area (Å²) in [5, 5.41) is 8.02. The quantitative estimate of drug-likeness (QED) is 0.243. The molecule has 2 aromatic heterocycles. The lowest BCUT2D eigenvalue weighted by Crippen LogP contribution is -2.46. The molecule has 4 rings (SSSR count). The van der Waals surface area contributed by atoms with Gasteiger partial charge in [-0.1, -0.05) is 29.8 Å². The molecular formula is C29H41BrN4O4S2. The monoisotopic (exact) mass is 652 g/mol. The molecule has 11 heteroatoms. The number of halogens is 1. The second-order valence-corrected chi connectivity index (χ2v) is 13.4. The number of thiazole rings is 1. The summed E-state index contributed by atoms with van der Waals surface area (Å²) in [7, 11) is 1.65. The van der Waals surface area contributed by atoms with E-state index in [2.05, 4.69) is 32.6 Å². The lowest BCUT2D eigenvalue weighted by molar-refractivity contribution is -0.116. The molecule has 0 bridgehead atoms. The van der Waals surface area contributed by atoms with E-state index in [4.69, 9.17) is 14.5 Å². The first-order valence-electron chi connectivity index (χ1n) is 13.7. The molecule has 0 saturated heterocycles. The van der Waals surface area contributed by atoms with Gasteiger partial charge < -0.3 is 20.1 Å². The summed E-state index contributed by atoms with van der Waals surface area (Å²) in [4.78, 5) is 33.9. The fourth-order valence-electron chi connectivity index (χ4n) is 4.59. The summed E-state index contributed by atoms with van der Waals surface area (Å²) >= 11 is 6.70. The molecule has 1 aliphatic rings. The summed E-state index contributed by atoms with van der Waals surface area (Å²) in [6.07, 6.45) is 0.670. The van der Waals surface area contributed by atoms with Gasteiger partial charge in [-0.15, -0.1) is 22.7 Å². The standard InChI is InChI=1S/C27H35BrN4O4S2.C2H6/c1-15-13-18-22(24-30-19-8-7-17(28)14-20(19)37-24)25(31-21(33)9-10-29-11-12-35-6)38-23(18)16(2)32(15)26(34)36-27(3,4)5;1-2/h7-8,14-16,29H,9-13H2,1-6H3,(H,31,33);1-2H3. The van der Waals surface area contributed by atoms with Gasteiger partial charge in [0.05, 0.1) is 22.9 Å². The topological polar surface area (TPSA) is 92.8 Å². The van der Waals surface area contributed by atoms with E-state index in [1.807, 2.05) is 65.5 Å². The molecule has 2 unspecified atom stereocenters. The van der Waals surface area contributed by atoms with Crippen LogP contribution in [0.25, 0.3) is 20.8 Å². The summed E-state index contributed by atoms with van der Waals surface area (Å²) in [5.41, 5.74) is 2.44. The van der Waals surface area contributed by atoms with Crippen molar-refractivity contribution in [3.05, 3.63) is 33.1 Å². The number of carbonyl (C=O) groups is 2. The van der Waals surface area contributed by atoms with Crippen LogP contribution in [0.3, 0.4) is 0 Å². The number of aromatic nitrogens is 1. The van der Waals surface area contributed by atoms with Crippen LogP contribution >= 0.6 is 38.6 Å². The number of methoxy groups -OCH3 is 1. The molecule has 8 nitrogen and oxygen atoms in total. The first kappa shape index (κ1) is 32.5. The van der Waals surface area contributed by atoms with Crippen molar-refractivity contribution in [3.8, 4) is 10.6 Å². The summed E-state index contributed by atoms with van der Waals surface area (Å²) in [6.45, 7) is 15.6. The number of ether oxygens (including phenoxy) is 2. The summed E-state index contributed by atoms with van der Waals surface area (Å²) in [5.74, 6) is -0.0664. The maximum absolute atomic E-state index is 13.1. The Kier molecular flexibility index (Phi) is 11.5. The number of anilines is 1. The average Bonchev–Trinajstić information content (AvgIpc) is 3.44. The molecule has 40 heavy (non-hydrogen) atoms. The Bertz CT molecular complexity index is 1320. The Morgan fingerprint density at radius 3 is 2.58 bits per heavy atom. The molecule has 0 saturated carbocycles. The second kappa shape index (κ2) is 14.2. The highest BCUT2D eigenvalue weighted by atomic mass is 79.9. The van der Waals surface area contributed by atoms with Gasteiger partial charge >= 0.3 is 6.09 Å². The van der Waals surface area contributed by atoms with Gasteiger partial charge in [-0.2, -0.15) is 0 Å². The van der Waals surface area contributed by atoms with Crippen molar-refractivity contribution in [3.63, 3.8) is 0 Å². The third kappa shape index (κ3) is 7.82. The predicted octanol–water partition coefficient (Wildman–Crippen LogP) is 7.62. The number of thiophene rings is 1. The van der Waals surface area contributed by atoms with E-state index in [1.54, 1.807) is 18.4 Å². The van der Waals surface area contributed by atoms with Crippen LogP contribution in [-0.2, 0) is 20.7 Å². The van der Waals surface area contributed by atoms with Crippen molar-refractivity contribution in [2.45, 2.75) is 79.0 Å². The minimum absolute atomic E-state index is 0.0664. The molecular weight excluding hydrogens is 612 g/mol. The smallest absolute Gasteiger partial charge is 0.411 e. The van der Waals surface area contributed by atoms with Crippen LogP contribution in [-0.4, -0.2) is 60.3 Å². The van der Waals surface area contributed by atoms with Crippen LogP contribution in [0.4, 0.5) is 9.80 Å². The first-order valence-corrected chi connectivity index (χ1v) is 16.1. The van der Waals surface area contributed by atoms with Crippen LogP contribution in [0.5, 0.6) is 0 Å². The molecule has 2 atom stereocenters. The summed E-state index contributed by atoms with van der Waals surface area (Å²) in [6, 6.07) is 5.78. The van der Waals surface area contributed by atoms with Crippen LogP contribution in [0.2, 0.25) is 0 Å². The van der Waals surface area contributed by atoms with E-state index < -0.39 is 5.60 Å². The Labute approximate surface area is 254 Å². The molecule has 220 valence electrons. The number of nitrogens with zero attached hydrogens (tertiary/aromatic N) is 2. The van der Waals surface area contributed by atoms with Gasteiger partial charge in [0, 0.05) is 47.6 Å². The summed E-state index contributed by atoms with van der Waals surface area (Å²) < 4.78 is 12.9. The SMILES string of the molecule is CC.COCCNCCC(=O)Nc1sc2c(c1-c1nc3ccc(Br)cc3s1)CC(C)N(C(=O)OC(C)(C)C)C2C. The van der Waals surface area contributed by atoms with E-state index in [0.29, 0.717) is 32.5 Å². The molecule has 2 amide bonds. The third-order valence-electron chi connectivity index (χ3n) is 6.24. The van der Waals surface area contributed by atoms with Crippen molar-refractivity contribution < 1.29 is 19.1 Å². The van der Waals surface area contributed by atoms with Crippen molar-refractivity contribution in [2.75, 3.05) is 32.1 Å². The van der Waals surface area contributed by atoms with Crippen LogP contribution < -0.4 is 10.6 Å². The van der Waals surface area contributed by atoms with Gasteiger partial charge in [0.1, 0.15) is 15.6 Å². The van der Waals surface area contributed by atoms with Gasteiger partial charge in [0.2, 0.25) is 5.91 Å². The first-order chi connectivity index (χ1) is 19.0. The number of carbonyl (C=O) groups excluding carboxylic acids is 2. The molecule has 1 aliphatic heterocycles. The zero-order chi connectivity index (χ0) is 29.6. The van der Waals surface area contributed by atoms with E-state index in [9.17, 15) is 9.59 Å². The predicted molar refractivity (Wildman–Crippen MR) is 170 cm³/mol. The molecule has 0 radical (unpaired) electrons. The van der Waals surface area contributed by atoms with Crippen LogP contribution in [0.15, 0.2) is 22.7 Å². The van der Waals surface area contributed by atoms with Gasteiger partial charge in [-0.05, 0) is 64.8 Å². The van der Waals surface area contributed by atoms with Gasteiger partial charge in [0.15, 0.2) is 0 Å². The fraction of sp³-hybridized carbons (Fsp3) is 0.552. The third-order valence-corrected chi connectivity index (χ3v) is 9.09. The number of fused-ring (bicyclic) bond motifs is 2. The minimum Gasteiger partial charge on any atom is -0.444 e. The molecule has 3 aromatic rings. The van der Waals surface area contributed by atoms with Crippen molar-refractivity contribution in [1.29, 1.82) is 0 Å². The zero-order valence-electron chi connectivity index (χ0n) is 24.6. The lowest BCUT2D eigenvalue weighted by Gasteiger charge is -2.39. The van der Waals surface area contributed by atoms with E-state index in [0.717, 1.165) is 40.7 Å². The fourth-order valence-corrected chi connectivity index (χ4v) is 7.55. The molecule has 0 fully saturated rings. The van der Waals surface area contributed by atoms with Crippen molar-refractivity contribution in [1.82, 2.24) is 15.2 Å². The van der Waals surface area contributed by atoms with Gasteiger partial charge in [-0.3, -0.25) is 9.69 Å². The Morgan fingerprint density at radius 2 is 1.90 bits per heavy atom. The molecule has 1 aromatic carbocycles. The van der Waals surface area contributed by atoms with E-state index >= 15 is 0 Å². The highest BCUT2D eigenvalue weighted by molar-refractivity contribution is 9.10. The average molecular weight is 654 g/mol. The Balaban J connectivity index is 0.00000216. The Hall–Kier alpha value is -2.05. The number of hydrogen-bond donors (Lipinski definition) is 2. The van der Waals surface area contributed by atoms with Gasteiger partial charge in [-0.25, -0.2) is 9.78 Å². The van der Waals surface area contributed by atoms with Crippen LogP contribution in [0, 0.1) is 0 Å². The highest BCUT2D eigenvalue weighted by Gasteiger charge is 2.39. The number of amides is 2. The number of nitrogens with one attached hydrogen (secondary N) is 2. The molecule has 2 N–H and O–H groups in total. The number of hydrogen-bond acceptors (Lipinski definition) is 8. The molecule has 0 aliphatic carbocycles. The molecule has 3 heterocycles. The van der Waals surface area contributed by atoms with E-state index in [-0.39, 0.29) is 24.1 Å². The maximum atomic E-state index is 13.1. The highest BCUT2D eigenvalue weighted by Crippen LogP contribution is 2.50. The lowest BCUT2D eigenvalue weighted by atomic mass is 9.93. The minimum atomic E-state index is -0.580. The molecule has 0 spiro atoms. The van der Waals surface area contributed by atoms with Crippen molar-refractivity contribution >= 4 is 65.8 Å². The number of benzene rings is 1. The zero-order valence-corrected chi connectivity index (χ0v) is 27.9. The Morgan fingerprint density at radius 1 is 1.18 bits per heavy atom. The second-order valence-electron chi connectivity index (χ2n) is 10.4. The number of rotatable bonds is 8. The largest absolute Gasteiger partial charge is 0.444 e. The van der Waals surface area contributed by atoms with Crippen LogP contribution in [0.1, 0.15) is 71.4 Å². The van der Waals surface area contributed by atoms with E-state index in [1.165, 1.54) is 11.3 Å². The maximum Gasteiger partial charge on any atom is 0.411 e. The van der Waals surface area contributed by atoms with Crippen molar-refractivity contribution in [2.24, 2.45) is 0 Å². The van der Waals surface area contributed by atoms with Gasteiger partial charge in [0.25, 0.3) is 0 Å².